The summed E-state index contributed by atoms with van der Waals surface area (Å²) in [6, 6.07) is 0. The molecule has 1 aliphatic carbocycles. The van der Waals surface area contributed by atoms with Crippen molar-refractivity contribution in [2.24, 2.45) is 5.73 Å². The van der Waals surface area contributed by atoms with Gasteiger partial charge in [-0.1, -0.05) is 0 Å². The van der Waals surface area contributed by atoms with Gasteiger partial charge < -0.3 is 15.8 Å². The first-order valence-electron chi connectivity index (χ1n) is 5.40. The van der Waals surface area contributed by atoms with Crippen LogP contribution in [0.15, 0.2) is 0 Å². The van der Waals surface area contributed by atoms with Gasteiger partial charge in [-0.15, -0.1) is 11.3 Å². The van der Waals surface area contributed by atoms with Gasteiger partial charge in [-0.25, -0.2) is 9.78 Å². The first-order valence-corrected chi connectivity index (χ1v) is 6.22. The van der Waals surface area contributed by atoms with E-state index >= 15 is 0 Å². The van der Waals surface area contributed by atoms with E-state index in [9.17, 15) is 4.79 Å². The first kappa shape index (κ1) is 11.2. The van der Waals surface area contributed by atoms with Crippen molar-refractivity contribution in [3.63, 3.8) is 0 Å². The van der Waals surface area contributed by atoms with Gasteiger partial charge in [0, 0.05) is 4.88 Å². The Hall–Kier alpha value is -1.30. The van der Waals surface area contributed by atoms with Crippen molar-refractivity contribution >= 4 is 22.6 Å². The molecular formula is C10H15N3O2S. The zero-order chi connectivity index (χ0) is 11.4. The molecule has 0 fully saturated rings. The fourth-order valence-corrected chi connectivity index (χ4v) is 2.81. The van der Waals surface area contributed by atoms with E-state index < -0.39 is 6.09 Å². The number of carbonyl (C=O) groups excluding carboxylic acids is 1. The number of hydrogen-bond acceptors (Lipinski definition) is 5. The van der Waals surface area contributed by atoms with Crippen LogP contribution in [0.3, 0.4) is 0 Å². The van der Waals surface area contributed by atoms with Crippen LogP contribution in [0.5, 0.6) is 0 Å². The standard InChI is InChI=1S/C10H15N3O2S/c11-9(14)15-6-5-12-10-13-7-3-1-2-4-8(7)16-10/h1-6H2,(H2,11,14)(H,12,13). The van der Waals surface area contributed by atoms with Crippen molar-refractivity contribution < 1.29 is 9.53 Å². The molecule has 1 heterocycles. The summed E-state index contributed by atoms with van der Waals surface area (Å²) in [5.74, 6) is 0. The summed E-state index contributed by atoms with van der Waals surface area (Å²) in [6.45, 7) is 0.828. The average Bonchev–Trinajstić information content (AvgIpc) is 2.66. The van der Waals surface area contributed by atoms with E-state index in [0.717, 1.165) is 18.0 Å². The topological polar surface area (TPSA) is 77.2 Å². The molecule has 1 aromatic rings. The molecule has 0 saturated carbocycles. The van der Waals surface area contributed by atoms with Crippen LogP contribution in [0.1, 0.15) is 23.4 Å². The second-order valence-corrected chi connectivity index (χ2v) is 4.77. The highest BCUT2D eigenvalue weighted by atomic mass is 32.1. The van der Waals surface area contributed by atoms with Gasteiger partial charge in [0.2, 0.25) is 0 Å². The molecule has 0 saturated heterocycles. The second kappa shape index (κ2) is 5.16. The zero-order valence-corrected chi connectivity index (χ0v) is 9.81. The highest BCUT2D eigenvalue weighted by Gasteiger charge is 2.14. The number of aromatic nitrogens is 1. The summed E-state index contributed by atoms with van der Waals surface area (Å²) < 4.78 is 4.62. The lowest BCUT2D eigenvalue weighted by atomic mass is 10.0. The molecule has 0 aliphatic heterocycles. The maximum atomic E-state index is 10.3. The number of thiazole rings is 1. The van der Waals surface area contributed by atoms with E-state index in [1.807, 2.05) is 0 Å². The van der Waals surface area contributed by atoms with Crippen molar-refractivity contribution in [2.45, 2.75) is 25.7 Å². The molecule has 0 radical (unpaired) electrons. The van der Waals surface area contributed by atoms with Gasteiger partial charge in [-0.05, 0) is 25.7 Å². The van der Waals surface area contributed by atoms with E-state index in [1.165, 1.54) is 23.4 Å². The largest absolute Gasteiger partial charge is 0.448 e. The normalized spacial score (nSPS) is 14.2. The minimum absolute atomic E-state index is 0.277. The quantitative estimate of drug-likeness (QED) is 0.784. The highest BCUT2D eigenvalue weighted by molar-refractivity contribution is 7.15. The average molecular weight is 241 g/mol. The number of nitrogens with one attached hydrogen (secondary N) is 1. The lowest BCUT2D eigenvalue weighted by molar-refractivity contribution is 0.161. The van der Waals surface area contributed by atoms with Crippen molar-refractivity contribution in [3.8, 4) is 0 Å². The molecule has 1 amide bonds. The third-order valence-electron chi connectivity index (χ3n) is 2.47. The first-order chi connectivity index (χ1) is 7.75. The van der Waals surface area contributed by atoms with Crippen LogP contribution in [0.4, 0.5) is 9.93 Å². The Balaban J connectivity index is 1.81. The number of ether oxygens (including phenoxy) is 1. The van der Waals surface area contributed by atoms with Crippen LogP contribution >= 0.6 is 11.3 Å². The van der Waals surface area contributed by atoms with Gasteiger partial charge in [0.25, 0.3) is 0 Å². The Labute approximate surface area is 98.0 Å². The molecule has 0 aromatic carbocycles. The molecule has 0 atom stereocenters. The minimum Gasteiger partial charge on any atom is -0.448 e. The molecule has 16 heavy (non-hydrogen) atoms. The SMILES string of the molecule is NC(=O)OCCNc1nc2c(s1)CCCC2. The van der Waals surface area contributed by atoms with E-state index in [-0.39, 0.29) is 6.61 Å². The summed E-state index contributed by atoms with van der Waals surface area (Å²) in [5.41, 5.74) is 6.08. The number of amides is 1. The number of rotatable bonds is 4. The summed E-state index contributed by atoms with van der Waals surface area (Å²) in [5, 5.41) is 4.05. The third kappa shape index (κ3) is 2.85. The number of primary amides is 1. The van der Waals surface area contributed by atoms with E-state index in [0.29, 0.717) is 6.54 Å². The van der Waals surface area contributed by atoms with Crippen molar-refractivity contribution in [1.29, 1.82) is 0 Å². The monoisotopic (exact) mass is 241 g/mol. The van der Waals surface area contributed by atoms with Gasteiger partial charge >= 0.3 is 6.09 Å². The third-order valence-corrected chi connectivity index (χ3v) is 3.58. The summed E-state index contributed by atoms with van der Waals surface area (Å²) >= 11 is 1.70. The number of carbonyl (C=O) groups is 1. The second-order valence-electron chi connectivity index (χ2n) is 3.69. The maximum Gasteiger partial charge on any atom is 0.404 e. The lowest BCUT2D eigenvalue weighted by Gasteiger charge is -2.06. The number of nitrogens with two attached hydrogens (primary N) is 1. The lowest BCUT2D eigenvalue weighted by Crippen LogP contribution is -2.18. The molecule has 0 spiro atoms. The number of fused-ring (bicyclic) bond motifs is 1. The van der Waals surface area contributed by atoms with Crippen LogP contribution in [0.2, 0.25) is 0 Å². The zero-order valence-electron chi connectivity index (χ0n) is 8.99. The van der Waals surface area contributed by atoms with Crippen LogP contribution in [-0.4, -0.2) is 24.2 Å². The number of aryl methyl sites for hydroxylation is 2. The number of hydrogen-bond donors (Lipinski definition) is 2. The van der Waals surface area contributed by atoms with Gasteiger partial charge in [0.1, 0.15) is 6.61 Å². The minimum atomic E-state index is -0.736. The maximum absolute atomic E-state index is 10.3. The van der Waals surface area contributed by atoms with Crippen molar-refractivity contribution in [2.75, 3.05) is 18.5 Å². The molecule has 3 N–H and O–H groups in total. The van der Waals surface area contributed by atoms with Crippen LogP contribution in [0, 0.1) is 0 Å². The Morgan fingerprint density at radius 2 is 2.31 bits per heavy atom. The van der Waals surface area contributed by atoms with Crippen molar-refractivity contribution in [1.82, 2.24) is 4.98 Å². The Kier molecular flexibility index (Phi) is 3.61. The summed E-state index contributed by atoms with van der Waals surface area (Å²) in [7, 11) is 0. The van der Waals surface area contributed by atoms with Gasteiger partial charge in [-0.3, -0.25) is 0 Å². The van der Waals surface area contributed by atoms with Gasteiger partial charge in [0.15, 0.2) is 5.13 Å². The van der Waals surface area contributed by atoms with Gasteiger partial charge in [0.05, 0.1) is 12.2 Å². The molecule has 5 nitrogen and oxygen atoms in total. The molecule has 1 aromatic heterocycles. The molecule has 0 unspecified atom stereocenters. The van der Waals surface area contributed by atoms with E-state index in [4.69, 9.17) is 5.73 Å². The Bertz CT molecular complexity index is 355. The fourth-order valence-electron chi connectivity index (χ4n) is 1.74. The molecule has 88 valence electrons. The van der Waals surface area contributed by atoms with Gasteiger partial charge in [-0.2, -0.15) is 0 Å². The summed E-state index contributed by atoms with van der Waals surface area (Å²) in [6.07, 6.45) is 4.00. The fraction of sp³-hybridized carbons (Fsp3) is 0.600. The van der Waals surface area contributed by atoms with Crippen LogP contribution in [-0.2, 0) is 17.6 Å². The molecule has 1 aliphatic rings. The Morgan fingerprint density at radius 1 is 1.50 bits per heavy atom. The molecule has 0 bridgehead atoms. The van der Waals surface area contributed by atoms with Crippen molar-refractivity contribution in [3.05, 3.63) is 10.6 Å². The number of anilines is 1. The molecule has 6 heteroatoms. The van der Waals surface area contributed by atoms with E-state index in [1.54, 1.807) is 11.3 Å². The molecule has 2 rings (SSSR count). The number of nitrogens with zero attached hydrogens (tertiary/aromatic N) is 1. The predicted octanol–water partition coefficient (Wildman–Crippen LogP) is 1.53. The molecular weight excluding hydrogens is 226 g/mol. The van der Waals surface area contributed by atoms with E-state index in [2.05, 4.69) is 15.0 Å². The van der Waals surface area contributed by atoms with Crippen LogP contribution < -0.4 is 11.1 Å². The van der Waals surface area contributed by atoms with Crippen LogP contribution in [0.25, 0.3) is 0 Å². The predicted molar refractivity (Wildman–Crippen MR) is 62.8 cm³/mol. The highest BCUT2D eigenvalue weighted by Crippen LogP contribution is 2.29. The smallest absolute Gasteiger partial charge is 0.404 e. The summed E-state index contributed by atoms with van der Waals surface area (Å²) in [4.78, 5) is 16.2. The Morgan fingerprint density at radius 3 is 3.06 bits per heavy atom.